The Bertz CT molecular complexity index is 1180. The van der Waals surface area contributed by atoms with Crippen LogP contribution in [0.15, 0.2) is 46.0 Å². The molecule has 2 aromatic rings. The van der Waals surface area contributed by atoms with Gasteiger partial charge in [0.1, 0.15) is 5.04 Å². The van der Waals surface area contributed by atoms with Crippen LogP contribution in [0.25, 0.3) is 0 Å². The maximum absolute atomic E-state index is 13.2. The summed E-state index contributed by atoms with van der Waals surface area (Å²) in [6, 6.07) is 5.86. The van der Waals surface area contributed by atoms with Crippen LogP contribution in [0.1, 0.15) is 22.8 Å². The highest BCUT2D eigenvalue weighted by molar-refractivity contribution is 9.10. The van der Waals surface area contributed by atoms with Gasteiger partial charge in [-0.05, 0) is 43.5 Å². The van der Waals surface area contributed by atoms with Gasteiger partial charge in [-0.25, -0.2) is 18.2 Å². The fourth-order valence-corrected chi connectivity index (χ4v) is 4.29. The van der Waals surface area contributed by atoms with Gasteiger partial charge >= 0.3 is 18.3 Å². The predicted molar refractivity (Wildman–Crippen MR) is 139 cm³/mol. The molecule has 0 spiro atoms. The van der Waals surface area contributed by atoms with E-state index in [0.717, 1.165) is 26.8 Å². The van der Waals surface area contributed by atoms with E-state index < -0.39 is 29.8 Å². The van der Waals surface area contributed by atoms with Crippen LogP contribution >= 0.6 is 63.0 Å². The van der Waals surface area contributed by atoms with Gasteiger partial charge < -0.3 is 0 Å². The number of alkyl halides is 3. The van der Waals surface area contributed by atoms with Crippen molar-refractivity contribution in [3.63, 3.8) is 0 Å². The normalized spacial score (nSPS) is 11.6. The van der Waals surface area contributed by atoms with Crippen molar-refractivity contribution in [1.29, 1.82) is 0 Å². The zero-order chi connectivity index (χ0) is 27.2. The van der Waals surface area contributed by atoms with E-state index >= 15 is 0 Å². The first-order chi connectivity index (χ1) is 16.8. The van der Waals surface area contributed by atoms with E-state index in [2.05, 4.69) is 26.4 Å². The van der Waals surface area contributed by atoms with Gasteiger partial charge in [0, 0.05) is 11.5 Å². The molecular formula is C20H16BrCl2F3N4O4S2. The second-order valence-corrected chi connectivity index (χ2v) is 10.3. The third-order valence-corrected chi connectivity index (χ3v) is 6.98. The molecular weight excluding hydrogens is 632 g/mol. The highest BCUT2D eigenvalue weighted by atomic mass is 79.9. The molecule has 2 rings (SSSR count). The second-order valence-electron chi connectivity index (χ2n) is 6.56. The number of rotatable bonds is 5. The number of urea groups is 1. The summed E-state index contributed by atoms with van der Waals surface area (Å²) in [5, 5.41) is 6.01. The van der Waals surface area contributed by atoms with E-state index in [0.29, 0.717) is 17.2 Å². The van der Waals surface area contributed by atoms with E-state index in [1.807, 2.05) is 0 Å². The number of anilines is 1. The number of carbonyl (C=O) groups is 3. The molecule has 8 nitrogen and oxygen atoms in total. The summed E-state index contributed by atoms with van der Waals surface area (Å²) in [4.78, 5) is 42.8. The first kappa shape index (κ1) is 30.1. The molecule has 0 aliphatic heterocycles. The fourth-order valence-electron chi connectivity index (χ4n) is 2.34. The Hall–Kier alpha value is -2.13. The summed E-state index contributed by atoms with van der Waals surface area (Å²) in [5.41, 5.74) is -1.30. The highest BCUT2D eigenvalue weighted by Crippen LogP contribution is 2.38. The Balaban J connectivity index is 2.39. The Kier molecular flexibility index (Phi) is 10.8. The SMILES string of the molecule is CS/C(C)=N/OC(=O)N(C)SN(C(=O)NC(=O)c1c(Cl)cccc1Cl)c1ccc(C(F)(F)F)c(Br)c1. The number of hydrogen-bond acceptors (Lipinski definition) is 7. The lowest BCUT2D eigenvalue weighted by atomic mass is 10.2. The number of thioether (sulfide) groups is 1. The van der Waals surface area contributed by atoms with Crippen LogP contribution < -0.4 is 9.62 Å². The number of halogens is 6. The molecule has 0 bridgehead atoms. The molecule has 0 aromatic heterocycles. The van der Waals surface area contributed by atoms with Crippen molar-refractivity contribution >= 4 is 91.8 Å². The van der Waals surface area contributed by atoms with Crippen molar-refractivity contribution in [1.82, 2.24) is 9.62 Å². The molecule has 0 saturated carbocycles. The third kappa shape index (κ3) is 7.93. The van der Waals surface area contributed by atoms with Crippen molar-refractivity contribution in [3.05, 3.63) is 62.0 Å². The van der Waals surface area contributed by atoms with E-state index in [1.54, 1.807) is 13.2 Å². The number of nitrogens with one attached hydrogen (secondary N) is 1. The lowest BCUT2D eigenvalue weighted by molar-refractivity contribution is -0.138. The van der Waals surface area contributed by atoms with Crippen LogP contribution in [-0.2, 0) is 11.0 Å². The summed E-state index contributed by atoms with van der Waals surface area (Å²) in [6.07, 6.45) is -3.96. The molecule has 0 unspecified atom stereocenters. The first-order valence-electron chi connectivity index (χ1n) is 9.43. The van der Waals surface area contributed by atoms with Gasteiger partial charge in [0.2, 0.25) is 0 Å². The molecule has 4 amide bonds. The number of imide groups is 1. The van der Waals surface area contributed by atoms with Crippen molar-refractivity contribution in [2.45, 2.75) is 13.1 Å². The number of oxime groups is 1. The van der Waals surface area contributed by atoms with E-state index in [-0.39, 0.29) is 25.8 Å². The molecule has 2 aromatic carbocycles. The smallest absolute Gasteiger partial charge is 0.296 e. The molecule has 0 fully saturated rings. The number of nitrogens with zero attached hydrogens (tertiary/aromatic N) is 3. The summed E-state index contributed by atoms with van der Waals surface area (Å²) in [7, 11) is 1.23. The first-order valence-corrected chi connectivity index (χ1v) is 12.9. The lowest BCUT2D eigenvalue weighted by Crippen LogP contribution is -2.42. The minimum absolute atomic E-state index is 0.0352. The van der Waals surface area contributed by atoms with Crippen LogP contribution in [0.3, 0.4) is 0 Å². The van der Waals surface area contributed by atoms with Crippen LogP contribution in [0, 0.1) is 0 Å². The number of hydrogen-bond donors (Lipinski definition) is 1. The minimum Gasteiger partial charge on any atom is -0.296 e. The van der Waals surface area contributed by atoms with E-state index in [1.165, 1.54) is 37.0 Å². The molecule has 194 valence electrons. The lowest BCUT2D eigenvalue weighted by Gasteiger charge is -2.25. The highest BCUT2D eigenvalue weighted by Gasteiger charge is 2.34. The van der Waals surface area contributed by atoms with Gasteiger partial charge in [0.05, 0.1) is 39.0 Å². The van der Waals surface area contributed by atoms with Crippen LogP contribution in [0.2, 0.25) is 10.0 Å². The largest absolute Gasteiger partial charge is 0.447 e. The quantitative estimate of drug-likeness (QED) is 0.119. The molecule has 0 heterocycles. The predicted octanol–water partition coefficient (Wildman–Crippen LogP) is 7.46. The Morgan fingerprint density at radius 2 is 1.75 bits per heavy atom. The molecule has 16 heteroatoms. The average Bonchev–Trinajstić information content (AvgIpc) is 2.79. The monoisotopic (exact) mass is 646 g/mol. The van der Waals surface area contributed by atoms with Gasteiger partial charge in [-0.15, -0.1) is 11.8 Å². The van der Waals surface area contributed by atoms with Gasteiger partial charge in [0.25, 0.3) is 5.91 Å². The van der Waals surface area contributed by atoms with Crippen molar-refractivity contribution in [2.24, 2.45) is 5.16 Å². The van der Waals surface area contributed by atoms with Crippen LogP contribution in [0.4, 0.5) is 28.4 Å². The second kappa shape index (κ2) is 12.9. The van der Waals surface area contributed by atoms with E-state index in [9.17, 15) is 27.6 Å². The molecule has 0 atom stereocenters. The summed E-state index contributed by atoms with van der Waals surface area (Å²) < 4.78 is 40.8. The van der Waals surface area contributed by atoms with Gasteiger partial charge in [-0.1, -0.05) is 50.4 Å². The summed E-state index contributed by atoms with van der Waals surface area (Å²) in [5.74, 6) is -0.974. The number of amides is 4. The average molecular weight is 648 g/mol. The maximum atomic E-state index is 13.2. The van der Waals surface area contributed by atoms with Crippen molar-refractivity contribution in [3.8, 4) is 0 Å². The minimum atomic E-state index is -4.66. The molecule has 1 N–H and O–H groups in total. The molecule has 0 aliphatic carbocycles. The zero-order valence-corrected chi connectivity index (χ0v) is 23.3. The van der Waals surface area contributed by atoms with Crippen LogP contribution in [0.5, 0.6) is 0 Å². The van der Waals surface area contributed by atoms with E-state index in [4.69, 9.17) is 28.0 Å². The molecule has 36 heavy (non-hydrogen) atoms. The van der Waals surface area contributed by atoms with Gasteiger partial charge in [-0.2, -0.15) is 13.2 Å². The van der Waals surface area contributed by atoms with Gasteiger partial charge in [0.15, 0.2) is 0 Å². The fraction of sp³-hybridized carbons (Fsp3) is 0.200. The number of benzene rings is 2. The Morgan fingerprint density at radius 1 is 1.14 bits per heavy atom. The van der Waals surface area contributed by atoms with Crippen molar-refractivity contribution < 1.29 is 32.4 Å². The summed E-state index contributed by atoms with van der Waals surface area (Å²) >= 11 is 16.5. The van der Waals surface area contributed by atoms with Gasteiger partial charge in [-0.3, -0.25) is 14.9 Å². The molecule has 0 radical (unpaired) electrons. The topological polar surface area (TPSA) is 91.3 Å². The maximum Gasteiger partial charge on any atom is 0.447 e. The summed E-state index contributed by atoms with van der Waals surface area (Å²) in [6.45, 7) is 1.59. The Labute approximate surface area is 230 Å². The molecule has 0 saturated heterocycles. The zero-order valence-electron chi connectivity index (χ0n) is 18.5. The van der Waals surface area contributed by atoms with Crippen LogP contribution in [-0.4, -0.2) is 40.7 Å². The van der Waals surface area contributed by atoms with Crippen molar-refractivity contribution in [2.75, 3.05) is 17.6 Å². The Morgan fingerprint density at radius 3 is 2.28 bits per heavy atom. The number of carbonyl (C=O) groups excluding carboxylic acids is 3. The third-order valence-electron chi connectivity index (χ3n) is 4.10. The molecule has 0 aliphatic rings. The standard InChI is InChI=1S/C20H16BrCl2F3N4O4S2/c1-10(35-3)28-34-19(33)29(2)36-30(11-7-8-12(13(21)9-11)20(24,25)26)18(32)27-17(31)16-14(22)5-4-6-15(16)23/h4-9H,1-3H3,(H,27,31,32)/b28-10+.